The van der Waals surface area contributed by atoms with E-state index in [1.54, 1.807) is 0 Å². The number of hydrogen-bond donors (Lipinski definition) is 0. The van der Waals surface area contributed by atoms with Crippen molar-refractivity contribution in [2.75, 3.05) is 0 Å². The summed E-state index contributed by atoms with van der Waals surface area (Å²) >= 11 is 0. The molecule has 3 nitrogen and oxygen atoms in total. The van der Waals surface area contributed by atoms with Crippen molar-refractivity contribution in [2.24, 2.45) is 0 Å². The summed E-state index contributed by atoms with van der Waals surface area (Å²) in [4.78, 5) is 5.04. The van der Waals surface area contributed by atoms with Gasteiger partial charge in [0.1, 0.15) is 5.82 Å². The van der Waals surface area contributed by atoms with E-state index in [-0.39, 0.29) is 0 Å². The Hall–Kier alpha value is -5.98. The van der Waals surface area contributed by atoms with Crippen LogP contribution in [0.25, 0.3) is 71.9 Å². The van der Waals surface area contributed by atoms with Crippen molar-refractivity contribution in [3.8, 4) is 45.4 Å². The first-order valence-corrected chi connectivity index (χ1v) is 14.4. The van der Waals surface area contributed by atoms with Gasteiger partial charge < -0.3 is 0 Å². The molecule has 0 N–H and O–H groups in total. The van der Waals surface area contributed by atoms with E-state index in [2.05, 4.69) is 126 Å². The Morgan fingerprint density at radius 1 is 0.488 bits per heavy atom. The van der Waals surface area contributed by atoms with Gasteiger partial charge in [-0.25, -0.2) is 4.98 Å². The van der Waals surface area contributed by atoms with E-state index in [0.717, 1.165) is 39.2 Å². The molecule has 1 aromatic heterocycles. The normalized spacial score (nSPS) is 11.2. The highest BCUT2D eigenvalue weighted by Crippen LogP contribution is 2.35. The minimum atomic E-state index is 0.673. The number of benzene rings is 7. The number of nitrogens with zero attached hydrogens (tertiary/aromatic N) is 3. The molecule has 0 bridgehead atoms. The summed E-state index contributed by atoms with van der Waals surface area (Å²) in [6.07, 6.45) is 0. The van der Waals surface area contributed by atoms with Gasteiger partial charge in [0.25, 0.3) is 0 Å². The molecule has 3 heteroatoms. The Morgan fingerprint density at radius 3 is 1.86 bits per heavy atom. The second kappa shape index (κ2) is 10.1. The molecule has 0 aliphatic rings. The molecule has 7 aromatic carbocycles. The van der Waals surface area contributed by atoms with Gasteiger partial charge >= 0.3 is 0 Å². The zero-order valence-corrected chi connectivity index (χ0v) is 23.3. The summed E-state index contributed by atoms with van der Waals surface area (Å²) in [5.74, 6) is 0.938. The fraction of sp³-hybridized carbons (Fsp3) is 0. The molecule has 43 heavy (non-hydrogen) atoms. The molecule has 8 aromatic rings. The first kappa shape index (κ1) is 24.8. The van der Waals surface area contributed by atoms with Crippen LogP contribution in [-0.4, -0.2) is 9.55 Å². The maximum Gasteiger partial charge on any atom is 0.145 e. The van der Waals surface area contributed by atoms with Gasteiger partial charge in [0.05, 0.1) is 28.4 Å². The van der Waals surface area contributed by atoms with E-state index in [0.29, 0.717) is 5.56 Å². The number of imidazole rings is 1. The van der Waals surface area contributed by atoms with E-state index >= 15 is 0 Å². The Kier molecular flexibility index (Phi) is 5.84. The number of rotatable bonds is 4. The summed E-state index contributed by atoms with van der Waals surface area (Å²) in [5.41, 5.74) is 9.57. The Labute approximate surface area is 249 Å². The van der Waals surface area contributed by atoms with Gasteiger partial charge in [-0.3, -0.25) is 4.57 Å². The molecule has 0 amide bonds. The van der Waals surface area contributed by atoms with Crippen LogP contribution in [0.5, 0.6) is 0 Å². The van der Waals surface area contributed by atoms with Gasteiger partial charge in [-0.05, 0) is 86.9 Å². The average Bonchev–Trinajstić information content (AvgIpc) is 3.47. The molecule has 1 heterocycles. The Morgan fingerprint density at radius 2 is 1.12 bits per heavy atom. The summed E-state index contributed by atoms with van der Waals surface area (Å²) in [7, 11) is 0. The molecule has 0 spiro atoms. The van der Waals surface area contributed by atoms with E-state index in [4.69, 9.17) is 10.2 Å². The maximum absolute atomic E-state index is 9.11. The van der Waals surface area contributed by atoms with Crippen molar-refractivity contribution < 1.29 is 0 Å². The highest BCUT2D eigenvalue weighted by molar-refractivity contribution is 5.97. The zero-order chi connectivity index (χ0) is 28.8. The molecule has 0 aliphatic carbocycles. The van der Waals surface area contributed by atoms with Crippen LogP contribution >= 0.6 is 0 Å². The third-order valence-electron chi connectivity index (χ3n) is 8.21. The molecule has 0 radical (unpaired) electrons. The van der Waals surface area contributed by atoms with Crippen LogP contribution in [0.15, 0.2) is 152 Å². The van der Waals surface area contributed by atoms with Crippen molar-refractivity contribution in [1.29, 1.82) is 5.26 Å². The van der Waals surface area contributed by atoms with E-state index < -0.39 is 0 Å². The smallest absolute Gasteiger partial charge is 0.145 e. The van der Waals surface area contributed by atoms with Gasteiger partial charge in [-0.2, -0.15) is 5.26 Å². The first-order valence-electron chi connectivity index (χ1n) is 14.4. The number of aromatic nitrogens is 2. The third-order valence-corrected chi connectivity index (χ3v) is 8.21. The molecule has 0 unspecified atom stereocenters. The zero-order valence-electron chi connectivity index (χ0n) is 23.3. The molecule has 0 aliphatic heterocycles. The first-order chi connectivity index (χ1) is 21.2. The monoisotopic (exact) mass is 547 g/mol. The van der Waals surface area contributed by atoms with Crippen molar-refractivity contribution >= 4 is 32.6 Å². The summed E-state index contributed by atoms with van der Waals surface area (Å²) in [6.45, 7) is 0. The standard InChI is InChI=1S/C40H25N3/c41-26-27-13-15-28(16-14-27)30-17-18-32-24-33(20-19-31(32)23-30)34-21-22-36-35(25-34)9-6-12-38(36)43-39-11-5-4-10-37(39)42-40(43)29-7-2-1-3-8-29/h1-25H. The Bertz CT molecular complexity index is 2340. The molecule has 0 fully saturated rings. The van der Waals surface area contributed by atoms with Crippen LogP contribution in [0.4, 0.5) is 0 Å². The molecule has 0 saturated heterocycles. The SMILES string of the molecule is N#Cc1ccc(-c2ccc3cc(-c4ccc5c(-n6c(-c7ccccc7)nc7ccccc76)cccc5c4)ccc3c2)cc1. The molecule has 0 atom stereocenters. The summed E-state index contributed by atoms with van der Waals surface area (Å²) < 4.78 is 2.29. The van der Waals surface area contributed by atoms with Gasteiger partial charge in [0, 0.05) is 10.9 Å². The largest absolute Gasteiger partial charge is 0.292 e. The van der Waals surface area contributed by atoms with Gasteiger partial charge in [0.2, 0.25) is 0 Å². The van der Waals surface area contributed by atoms with Crippen molar-refractivity contribution in [2.45, 2.75) is 0 Å². The van der Waals surface area contributed by atoms with Crippen LogP contribution in [-0.2, 0) is 0 Å². The third kappa shape index (κ3) is 4.34. The topological polar surface area (TPSA) is 41.6 Å². The van der Waals surface area contributed by atoms with Crippen LogP contribution in [0.3, 0.4) is 0 Å². The summed E-state index contributed by atoms with van der Waals surface area (Å²) in [5, 5.41) is 13.9. The number of fused-ring (bicyclic) bond motifs is 3. The number of para-hydroxylation sites is 2. The van der Waals surface area contributed by atoms with Crippen molar-refractivity contribution in [3.05, 3.63) is 157 Å². The lowest BCUT2D eigenvalue weighted by Crippen LogP contribution is -1.98. The fourth-order valence-corrected chi connectivity index (χ4v) is 6.03. The molecule has 200 valence electrons. The van der Waals surface area contributed by atoms with E-state index in [1.165, 1.54) is 32.7 Å². The lowest BCUT2D eigenvalue weighted by molar-refractivity contribution is 1.11. The number of nitriles is 1. The average molecular weight is 548 g/mol. The minimum absolute atomic E-state index is 0.673. The second-order valence-corrected chi connectivity index (χ2v) is 10.8. The lowest BCUT2D eigenvalue weighted by Gasteiger charge is -2.14. The number of hydrogen-bond acceptors (Lipinski definition) is 2. The van der Waals surface area contributed by atoms with Crippen molar-refractivity contribution in [3.63, 3.8) is 0 Å². The predicted octanol–water partition coefficient (Wildman–Crippen LogP) is 10.2. The van der Waals surface area contributed by atoms with Crippen LogP contribution in [0.1, 0.15) is 5.56 Å². The quantitative estimate of drug-likeness (QED) is 0.220. The second-order valence-electron chi connectivity index (χ2n) is 10.8. The lowest BCUT2D eigenvalue weighted by atomic mass is 9.96. The molecule has 0 saturated carbocycles. The Balaban J connectivity index is 1.21. The minimum Gasteiger partial charge on any atom is -0.292 e. The van der Waals surface area contributed by atoms with E-state index in [9.17, 15) is 0 Å². The maximum atomic E-state index is 9.11. The van der Waals surface area contributed by atoms with Crippen molar-refractivity contribution in [1.82, 2.24) is 9.55 Å². The summed E-state index contributed by atoms with van der Waals surface area (Å²) in [6, 6.07) is 55.1. The van der Waals surface area contributed by atoms with Crippen LogP contribution in [0, 0.1) is 11.3 Å². The highest BCUT2D eigenvalue weighted by Gasteiger charge is 2.16. The van der Waals surface area contributed by atoms with Gasteiger partial charge in [0.15, 0.2) is 0 Å². The highest BCUT2D eigenvalue weighted by atomic mass is 15.1. The van der Waals surface area contributed by atoms with Gasteiger partial charge in [-0.1, -0.05) is 103 Å². The van der Waals surface area contributed by atoms with Crippen LogP contribution < -0.4 is 0 Å². The van der Waals surface area contributed by atoms with Gasteiger partial charge in [-0.15, -0.1) is 0 Å². The predicted molar refractivity (Wildman–Crippen MR) is 177 cm³/mol. The molecule has 8 rings (SSSR count). The fourth-order valence-electron chi connectivity index (χ4n) is 6.03. The van der Waals surface area contributed by atoms with E-state index in [1.807, 2.05) is 36.4 Å². The molecular formula is C40H25N3. The molecular weight excluding hydrogens is 522 g/mol. The van der Waals surface area contributed by atoms with Crippen LogP contribution in [0.2, 0.25) is 0 Å².